The van der Waals surface area contributed by atoms with Crippen LogP contribution in [0, 0.1) is 0 Å². The highest BCUT2D eigenvalue weighted by Crippen LogP contribution is 2.23. The average molecular weight is 235 g/mol. The first-order valence-electron chi connectivity index (χ1n) is 4.85. The molecule has 0 unspecified atom stereocenters. The first-order valence-corrected chi connectivity index (χ1v) is 5.25. The van der Waals surface area contributed by atoms with E-state index in [1.807, 2.05) is 26.0 Å². The van der Waals surface area contributed by atoms with Crippen LogP contribution in [0.3, 0.4) is 0 Å². The summed E-state index contributed by atoms with van der Waals surface area (Å²) in [5.41, 5.74) is 1.16. The van der Waals surface area contributed by atoms with Crippen molar-refractivity contribution in [1.82, 2.24) is 0 Å². The van der Waals surface area contributed by atoms with Crippen molar-refractivity contribution in [1.29, 1.82) is 0 Å². The fourth-order valence-electron chi connectivity index (χ4n) is 1.39. The molecule has 1 N–H and O–H groups in total. The summed E-state index contributed by atoms with van der Waals surface area (Å²) in [5, 5.41) is 11.1. The van der Waals surface area contributed by atoms with Crippen molar-refractivity contribution in [2.45, 2.75) is 19.3 Å². The number of benzene rings is 1. The van der Waals surface area contributed by atoms with E-state index in [2.05, 4.69) is 22.4 Å². The van der Waals surface area contributed by atoms with Gasteiger partial charge in [0.25, 0.3) is 0 Å². The number of rotatable bonds is 4. The van der Waals surface area contributed by atoms with Crippen LogP contribution in [-0.2, 0) is 5.41 Å². The van der Waals surface area contributed by atoms with Crippen LogP contribution < -0.4 is 0 Å². The van der Waals surface area contributed by atoms with E-state index in [0.717, 1.165) is 5.56 Å². The highest BCUT2D eigenvalue weighted by molar-refractivity contribution is 7.78. The molecule has 0 atom stereocenters. The molecule has 1 aromatic carbocycles. The van der Waals surface area contributed by atoms with E-state index >= 15 is 0 Å². The molecule has 0 fully saturated rings. The Morgan fingerprint density at radius 1 is 1.44 bits per heavy atom. The Labute approximate surface area is 99.8 Å². The van der Waals surface area contributed by atoms with Crippen molar-refractivity contribution >= 4 is 23.3 Å². The SMILES string of the molecule is CC(C)(CN=C=S)c1ccc(C(=O)O)cc1. The molecule has 0 saturated heterocycles. The molecule has 4 heteroatoms. The fraction of sp³-hybridized carbons (Fsp3) is 0.333. The van der Waals surface area contributed by atoms with Gasteiger partial charge in [-0.2, -0.15) is 0 Å². The molecular formula is C12H13NO2S. The number of isothiocyanates is 1. The van der Waals surface area contributed by atoms with E-state index in [-0.39, 0.29) is 11.0 Å². The molecule has 0 amide bonds. The number of aromatic carboxylic acids is 1. The van der Waals surface area contributed by atoms with Crippen LogP contribution in [0.4, 0.5) is 0 Å². The third kappa shape index (κ3) is 2.99. The molecule has 0 saturated carbocycles. The summed E-state index contributed by atoms with van der Waals surface area (Å²) in [6, 6.07) is 6.81. The highest BCUT2D eigenvalue weighted by atomic mass is 32.1. The van der Waals surface area contributed by atoms with Gasteiger partial charge in [-0.1, -0.05) is 26.0 Å². The van der Waals surface area contributed by atoms with Gasteiger partial charge in [-0.25, -0.2) is 9.79 Å². The predicted molar refractivity (Wildman–Crippen MR) is 66.3 cm³/mol. The third-order valence-electron chi connectivity index (χ3n) is 2.45. The molecule has 0 aliphatic carbocycles. The van der Waals surface area contributed by atoms with E-state index in [0.29, 0.717) is 6.54 Å². The van der Waals surface area contributed by atoms with Crippen molar-refractivity contribution in [3.8, 4) is 0 Å². The Morgan fingerprint density at radius 3 is 2.44 bits per heavy atom. The summed E-state index contributed by atoms with van der Waals surface area (Å²) in [4.78, 5) is 14.6. The van der Waals surface area contributed by atoms with Gasteiger partial charge < -0.3 is 5.11 Å². The Morgan fingerprint density at radius 2 is 2.00 bits per heavy atom. The lowest BCUT2D eigenvalue weighted by Crippen LogP contribution is -2.21. The number of hydrogen-bond acceptors (Lipinski definition) is 3. The van der Waals surface area contributed by atoms with Crippen LogP contribution in [0.15, 0.2) is 29.3 Å². The standard InChI is InChI=1S/C12H13NO2S/c1-12(2,7-13-8-16)10-5-3-9(4-6-10)11(14)15/h3-6H,7H2,1-2H3,(H,14,15). The summed E-state index contributed by atoms with van der Waals surface area (Å²) in [7, 11) is 0. The molecule has 1 aromatic rings. The second-order valence-electron chi connectivity index (χ2n) is 4.17. The second kappa shape index (κ2) is 5.01. The number of thiocarbonyl (C=S) groups is 1. The zero-order valence-corrected chi connectivity index (χ0v) is 10.0. The van der Waals surface area contributed by atoms with Crippen LogP contribution in [0.25, 0.3) is 0 Å². The lowest BCUT2D eigenvalue weighted by atomic mass is 9.84. The van der Waals surface area contributed by atoms with Gasteiger partial charge in [0.05, 0.1) is 17.3 Å². The largest absolute Gasteiger partial charge is 0.478 e. The summed E-state index contributed by atoms with van der Waals surface area (Å²) in [6.45, 7) is 4.60. The highest BCUT2D eigenvalue weighted by Gasteiger charge is 2.20. The summed E-state index contributed by atoms with van der Waals surface area (Å²) >= 11 is 4.53. The summed E-state index contributed by atoms with van der Waals surface area (Å²) in [6.07, 6.45) is 0. The number of carboxylic acids is 1. The zero-order valence-electron chi connectivity index (χ0n) is 9.23. The van der Waals surface area contributed by atoms with Gasteiger partial charge in [0.1, 0.15) is 0 Å². The maximum Gasteiger partial charge on any atom is 0.335 e. The van der Waals surface area contributed by atoms with Crippen LogP contribution in [-0.4, -0.2) is 22.8 Å². The minimum absolute atomic E-state index is 0.164. The quantitative estimate of drug-likeness (QED) is 0.645. The number of aliphatic imine (C=N–C) groups is 1. The van der Waals surface area contributed by atoms with Crippen molar-refractivity contribution in [2.75, 3.05) is 6.54 Å². The van der Waals surface area contributed by atoms with Gasteiger partial charge in [-0.15, -0.1) is 0 Å². The lowest BCUT2D eigenvalue weighted by Gasteiger charge is -2.22. The van der Waals surface area contributed by atoms with Crippen LogP contribution in [0.2, 0.25) is 0 Å². The van der Waals surface area contributed by atoms with Crippen molar-refractivity contribution in [3.05, 3.63) is 35.4 Å². The maximum atomic E-state index is 10.7. The third-order valence-corrected chi connectivity index (χ3v) is 2.58. The van der Waals surface area contributed by atoms with Crippen LogP contribution >= 0.6 is 12.2 Å². The summed E-state index contributed by atoms with van der Waals surface area (Å²) < 4.78 is 0. The molecule has 0 aromatic heterocycles. The molecule has 0 aliphatic rings. The summed E-state index contributed by atoms with van der Waals surface area (Å²) in [5.74, 6) is -0.915. The second-order valence-corrected chi connectivity index (χ2v) is 4.36. The molecule has 3 nitrogen and oxygen atoms in total. The lowest BCUT2D eigenvalue weighted by molar-refractivity contribution is 0.0697. The van der Waals surface area contributed by atoms with Crippen molar-refractivity contribution in [2.24, 2.45) is 4.99 Å². The number of nitrogens with zero attached hydrogens (tertiary/aromatic N) is 1. The smallest absolute Gasteiger partial charge is 0.335 e. The van der Waals surface area contributed by atoms with E-state index in [9.17, 15) is 4.79 Å². The molecule has 16 heavy (non-hydrogen) atoms. The Kier molecular flexibility index (Phi) is 3.93. The molecular weight excluding hydrogens is 222 g/mol. The normalized spacial score (nSPS) is 10.6. The monoisotopic (exact) mass is 235 g/mol. The van der Waals surface area contributed by atoms with Crippen molar-refractivity contribution in [3.63, 3.8) is 0 Å². The minimum atomic E-state index is -0.915. The van der Waals surface area contributed by atoms with Crippen LogP contribution in [0.5, 0.6) is 0 Å². The van der Waals surface area contributed by atoms with Gasteiger partial charge in [0.15, 0.2) is 0 Å². The van der Waals surface area contributed by atoms with E-state index in [4.69, 9.17) is 5.11 Å². The van der Waals surface area contributed by atoms with Gasteiger partial charge in [0.2, 0.25) is 0 Å². The Balaban J connectivity index is 2.96. The van der Waals surface area contributed by atoms with Crippen molar-refractivity contribution < 1.29 is 9.90 Å². The first kappa shape index (κ1) is 12.6. The molecule has 0 radical (unpaired) electrons. The number of hydrogen-bond donors (Lipinski definition) is 1. The maximum absolute atomic E-state index is 10.7. The van der Waals surface area contributed by atoms with Crippen LogP contribution in [0.1, 0.15) is 29.8 Å². The molecule has 84 valence electrons. The van der Waals surface area contributed by atoms with Gasteiger partial charge >= 0.3 is 5.97 Å². The van der Waals surface area contributed by atoms with E-state index in [1.54, 1.807) is 12.1 Å². The topological polar surface area (TPSA) is 49.7 Å². The van der Waals surface area contributed by atoms with Gasteiger partial charge in [0, 0.05) is 5.41 Å². The Hall–Kier alpha value is -1.51. The average Bonchev–Trinajstić information content (AvgIpc) is 2.26. The number of carbonyl (C=O) groups is 1. The molecule has 0 spiro atoms. The molecule has 0 heterocycles. The van der Waals surface area contributed by atoms with Gasteiger partial charge in [-0.3, -0.25) is 0 Å². The molecule has 0 aliphatic heterocycles. The minimum Gasteiger partial charge on any atom is -0.478 e. The zero-order chi connectivity index (χ0) is 12.2. The van der Waals surface area contributed by atoms with E-state index < -0.39 is 5.97 Å². The number of carboxylic acid groups (broad SMARTS) is 1. The molecule has 0 bridgehead atoms. The first-order chi connectivity index (χ1) is 7.47. The van der Waals surface area contributed by atoms with E-state index in [1.165, 1.54) is 0 Å². The Bertz CT molecular complexity index is 431. The predicted octanol–water partition coefficient (Wildman–Crippen LogP) is 2.77. The molecule has 1 rings (SSSR count). The fourth-order valence-corrected chi connectivity index (χ4v) is 1.45. The van der Waals surface area contributed by atoms with Gasteiger partial charge in [-0.05, 0) is 29.9 Å².